The highest BCUT2D eigenvalue weighted by Gasteiger charge is 2.11. The van der Waals surface area contributed by atoms with Gasteiger partial charge in [-0.25, -0.2) is 0 Å². The van der Waals surface area contributed by atoms with Crippen LogP contribution in [0.25, 0.3) is 12.2 Å². The van der Waals surface area contributed by atoms with Crippen molar-refractivity contribution in [2.24, 2.45) is 0 Å². The minimum absolute atomic E-state index is 0.000183. The van der Waals surface area contributed by atoms with Gasteiger partial charge >= 0.3 is 5.00 Å². The van der Waals surface area contributed by atoms with Crippen molar-refractivity contribution in [3.8, 4) is 0 Å². The summed E-state index contributed by atoms with van der Waals surface area (Å²) in [6.45, 7) is 0. The number of thiophene rings is 1. The Kier molecular flexibility index (Phi) is 1.73. The minimum atomic E-state index is -0.435. The summed E-state index contributed by atoms with van der Waals surface area (Å²) in [6, 6.07) is 1.44. The fourth-order valence-electron chi connectivity index (χ4n) is 1.19. The number of hydrogen-bond acceptors (Lipinski definition) is 4. The molecule has 0 saturated carbocycles. The molecule has 2 rings (SSSR count). The molecule has 0 aliphatic heterocycles. The lowest BCUT2D eigenvalue weighted by molar-refractivity contribution is -0.380. The Morgan fingerprint density at radius 1 is 1.54 bits per heavy atom. The second kappa shape index (κ2) is 2.77. The quantitative estimate of drug-likeness (QED) is 0.474. The molecule has 0 bridgehead atoms. The van der Waals surface area contributed by atoms with Gasteiger partial charge in [-0.15, -0.1) is 0 Å². The van der Waals surface area contributed by atoms with Gasteiger partial charge in [-0.1, -0.05) is 17.4 Å². The molecule has 13 heavy (non-hydrogen) atoms. The van der Waals surface area contributed by atoms with Gasteiger partial charge in [0.1, 0.15) is 0 Å². The molecule has 4 nitrogen and oxygen atoms in total. The number of carbonyl (C=O) groups is 1. The Morgan fingerprint density at radius 2 is 2.31 bits per heavy atom. The maximum atomic E-state index is 11.0. The molecule has 1 aromatic heterocycles. The number of nitrogens with zero attached hydrogens (tertiary/aromatic N) is 1. The van der Waals surface area contributed by atoms with Crippen molar-refractivity contribution in [1.29, 1.82) is 0 Å². The zero-order valence-electron chi connectivity index (χ0n) is 6.52. The number of fused-ring (bicyclic) bond motifs is 1. The molecule has 0 radical (unpaired) electrons. The van der Waals surface area contributed by atoms with Crippen LogP contribution in [0.2, 0.25) is 0 Å². The number of rotatable bonds is 1. The Bertz CT molecular complexity index is 500. The van der Waals surface area contributed by atoms with Crippen molar-refractivity contribution in [1.82, 2.24) is 0 Å². The van der Waals surface area contributed by atoms with E-state index in [1.807, 2.05) is 0 Å². The maximum absolute atomic E-state index is 11.0. The van der Waals surface area contributed by atoms with Crippen LogP contribution in [0.3, 0.4) is 0 Å². The molecule has 1 aromatic rings. The Labute approximate surface area is 77.0 Å². The van der Waals surface area contributed by atoms with Crippen molar-refractivity contribution in [2.45, 2.75) is 6.42 Å². The highest BCUT2D eigenvalue weighted by atomic mass is 32.1. The third-order valence-corrected chi connectivity index (χ3v) is 2.86. The Balaban J connectivity index is 2.70. The van der Waals surface area contributed by atoms with Gasteiger partial charge in [-0.05, 0) is 6.08 Å². The number of Topliss-reactive ketones (excluding diaryl/α,β-unsaturated/α-hetero) is 1. The van der Waals surface area contributed by atoms with Gasteiger partial charge in [0, 0.05) is 22.2 Å². The predicted octanol–water partition coefficient (Wildman–Crippen LogP) is 0.190. The molecular formula is C8H5NO3S. The van der Waals surface area contributed by atoms with Gasteiger partial charge in [-0.2, -0.15) is 0 Å². The maximum Gasteiger partial charge on any atom is 0.325 e. The minimum Gasteiger partial charge on any atom is -0.294 e. The molecule has 66 valence electrons. The first kappa shape index (κ1) is 8.12. The number of nitro groups is 1. The molecule has 1 heterocycles. The largest absolute Gasteiger partial charge is 0.325 e. The van der Waals surface area contributed by atoms with Crippen LogP contribution in [-0.2, 0) is 4.79 Å². The molecule has 1 aliphatic rings. The summed E-state index contributed by atoms with van der Waals surface area (Å²) < 4.78 is 0.825. The normalized spacial score (nSPS) is 14.3. The lowest BCUT2D eigenvalue weighted by Crippen LogP contribution is -2.23. The molecule has 0 saturated heterocycles. The van der Waals surface area contributed by atoms with Gasteiger partial charge in [0.05, 0.1) is 4.92 Å². The average Bonchev–Trinajstić information content (AvgIpc) is 2.46. The van der Waals surface area contributed by atoms with Crippen molar-refractivity contribution >= 4 is 34.3 Å². The summed E-state index contributed by atoms with van der Waals surface area (Å²) >= 11 is 1.11. The van der Waals surface area contributed by atoms with E-state index < -0.39 is 4.92 Å². The third-order valence-electron chi connectivity index (χ3n) is 1.76. The molecule has 5 heteroatoms. The zero-order chi connectivity index (χ0) is 9.42. The van der Waals surface area contributed by atoms with Crippen molar-refractivity contribution in [2.75, 3.05) is 0 Å². The van der Waals surface area contributed by atoms with Gasteiger partial charge in [0.15, 0.2) is 5.78 Å². The number of hydrogen-bond donors (Lipinski definition) is 0. The van der Waals surface area contributed by atoms with E-state index >= 15 is 0 Å². The summed E-state index contributed by atoms with van der Waals surface area (Å²) in [5, 5.41) is 11.2. The zero-order valence-corrected chi connectivity index (χ0v) is 7.34. The van der Waals surface area contributed by atoms with Crippen LogP contribution in [0.15, 0.2) is 6.07 Å². The molecule has 0 fully saturated rings. The van der Waals surface area contributed by atoms with Crippen LogP contribution in [0.4, 0.5) is 5.00 Å². The van der Waals surface area contributed by atoms with Crippen LogP contribution >= 0.6 is 11.3 Å². The van der Waals surface area contributed by atoms with E-state index in [1.54, 1.807) is 6.08 Å². The summed E-state index contributed by atoms with van der Waals surface area (Å²) in [7, 11) is 0. The smallest absolute Gasteiger partial charge is 0.294 e. The summed E-state index contributed by atoms with van der Waals surface area (Å²) in [4.78, 5) is 20.9. The van der Waals surface area contributed by atoms with Crippen molar-refractivity contribution in [3.63, 3.8) is 0 Å². The van der Waals surface area contributed by atoms with E-state index in [2.05, 4.69) is 0 Å². The fourth-order valence-corrected chi connectivity index (χ4v) is 2.08. The first-order valence-electron chi connectivity index (χ1n) is 3.66. The van der Waals surface area contributed by atoms with Gasteiger partial charge in [-0.3, -0.25) is 14.9 Å². The molecule has 0 amide bonds. The molecule has 1 aliphatic carbocycles. The highest BCUT2D eigenvalue weighted by Crippen LogP contribution is 2.11. The van der Waals surface area contributed by atoms with Gasteiger partial charge < -0.3 is 0 Å². The Morgan fingerprint density at radius 3 is 3.00 bits per heavy atom. The van der Waals surface area contributed by atoms with Crippen LogP contribution in [0, 0.1) is 10.1 Å². The van der Waals surface area contributed by atoms with E-state index in [0.29, 0.717) is 11.6 Å². The Hall–Kier alpha value is -1.49. The first-order chi connectivity index (χ1) is 6.16. The summed E-state index contributed by atoms with van der Waals surface area (Å²) in [5.41, 5.74) is 0. The number of carbonyl (C=O) groups excluding carboxylic acids is 1. The van der Waals surface area contributed by atoms with Crippen molar-refractivity contribution < 1.29 is 9.72 Å². The summed E-state index contributed by atoms with van der Waals surface area (Å²) in [6.07, 6.45) is 3.54. The summed E-state index contributed by atoms with van der Waals surface area (Å²) in [5.74, 6) is 0.000183. The molecule has 0 aromatic carbocycles. The van der Waals surface area contributed by atoms with E-state index in [9.17, 15) is 14.9 Å². The molecule has 0 spiro atoms. The van der Waals surface area contributed by atoms with E-state index in [-0.39, 0.29) is 10.8 Å². The highest BCUT2D eigenvalue weighted by molar-refractivity contribution is 7.13. The standard InChI is InChI=1S/C8H5NO3S/c10-6-1-2-7-5(3-6)4-8(13-7)9(11)12/h2-4H,1H2. The van der Waals surface area contributed by atoms with Crippen LogP contribution < -0.4 is 9.75 Å². The van der Waals surface area contributed by atoms with Crippen LogP contribution in [0.5, 0.6) is 0 Å². The SMILES string of the molecule is O=C1C=c2cc([N+](=O)[O-])sc2=CC1. The molecule has 0 unspecified atom stereocenters. The second-order valence-electron chi connectivity index (χ2n) is 2.68. The van der Waals surface area contributed by atoms with E-state index in [1.165, 1.54) is 12.1 Å². The van der Waals surface area contributed by atoms with E-state index in [4.69, 9.17) is 0 Å². The molecule has 0 atom stereocenters. The van der Waals surface area contributed by atoms with E-state index in [0.717, 1.165) is 15.9 Å². The second-order valence-corrected chi connectivity index (χ2v) is 3.74. The van der Waals surface area contributed by atoms with Gasteiger partial charge in [0.2, 0.25) is 0 Å². The third kappa shape index (κ3) is 1.38. The lowest BCUT2D eigenvalue weighted by Gasteiger charge is -1.90. The average molecular weight is 195 g/mol. The fraction of sp³-hybridized carbons (Fsp3) is 0.125. The predicted molar refractivity (Wildman–Crippen MR) is 48.8 cm³/mol. The monoisotopic (exact) mass is 195 g/mol. The number of ketones is 1. The molecular weight excluding hydrogens is 190 g/mol. The molecule has 0 N–H and O–H groups in total. The lowest BCUT2D eigenvalue weighted by atomic mass is 10.2. The first-order valence-corrected chi connectivity index (χ1v) is 4.47. The van der Waals surface area contributed by atoms with Crippen molar-refractivity contribution in [3.05, 3.63) is 25.9 Å². The van der Waals surface area contributed by atoms with Crippen LogP contribution in [0.1, 0.15) is 6.42 Å². The topological polar surface area (TPSA) is 60.2 Å². The van der Waals surface area contributed by atoms with Crippen LogP contribution in [-0.4, -0.2) is 10.7 Å². The van der Waals surface area contributed by atoms with Gasteiger partial charge in [0.25, 0.3) is 0 Å².